The van der Waals surface area contributed by atoms with E-state index in [9.17, 15) is 9.59 Å². The third-order valence-electron chi connectivity index (χ3n) is 10.5. The van der Waals surface area contributed by atoms with E-state index in [1.54, 1.807) is 12.2 Å². The average Bonchev–Trinajstić information content (AvgIpc) is 3.90. The third-order valence-corrected chi connectivity index (χ3v) is 10.5. The van der Waals surface area contributed by atoms with Crippen LogP contribution in [0.15, 0.2) is 61.4 Å². The smallest absolute Gasteiger partial charge is 0.251 e. The molecule has 276 valence electrons. The molecular formula is C39H51N9O4. The summed E-state index contributed by atoms with van der Waals surface area (Å²) in [6.07, 6.45) is 8.37. The van der Waals surface area contributed by atoms with Gasteiger partial charge in [-0.1, -0.05) is 18.7 Å². The van der Waals surface area contributed by atoms with E-state index in [0.29, 0.717) is 47.0 Å². The number of ether oxygens (including phenoxy) is 1. The molecule has 3 N–H and O–H groups in total. The van der Waals surface area contributed by atoms with E-state index in [1.165, 1.54) is 38.3 Å². The normalized spacial score (nSPS) is 20.2. The maximum Gasteiger partial charge on any atom is 0.251 e. The van der Waals surface area contributed by atoms with Crippen molar-refractivity contribution < 1.29 is 19.2 Å². The molecule has 3 saturated heterocycles. The van der Waals surface area contributed by atoms with Gasteiger partial charge in [0.25, 0.3) is 5.91 Å². The van der Waals surface area contributed by atoms with Gasteiger partial charge in [0.15, 0.2) is 5.82 Å². The SMILES string of the molecule is C=CC(=O)Nc1cc(Nc2cc(N3OCC[C@@H]3c3cccc(C(=O)NC(C)C)c3)ncn2)c(OC)cc1N1CCC(N2CCN(C3CC3)CC2)CC1. The monoisotopic (exact) mass is 709 g/mol. The van der Waals surface area contributed by atoms with Crippen LogP contribution in [0.5, 0.6) is 5.75 Å². The molecule has 13 heteroatoms. The molecule has 0 unspecified atom stereocenters. The zero-order chi connectivity index (χ0) is 36.2. The molecular weight excluding hydrogens is 658 g/mol. The summed E-state index contributed by atoms with van der Waals surface area (Å²) < 4.78 is 5.90. The summed E-state index contributed by atoms with van der Waals surface area (Å²) in [6, 6.07) is 14.6. The van der Waals surface area contributed by atoms with Gasteiger partial charge in [0, 0.05) is 81.5 Å². The molecule has 2 aromatic carbocycles. The number of carbonyl (C=O) groups is 2. The fourth-order valence-electron chi connectivity index (χ4n) is 7.66. The van der Waals surface area contributed by atoms with E-state index in [2.05, 4.69) is 47.2 Å². The Morgan fingerprint density at radius 3 is 2.33 bits per heavy atom. The van der Waals surface area contributed by atoms with Crippen LogP contribution in [0.4, 0.5) is 28.7 Å². The van der Waals surface area contributed by atoms with Gasteiger partial charge >= 0.3 is 0 Å². The van der Waals surface area contributed by atoms with Crippen molar-refractivity contribution >= 4 is 40.5 Å². The second-order valence-corrected chi connectivity index (χ2v) is 14.4. The fourth-order valence-corrected chi connectivity index (χ4v) is 7.66. The number of rotatable bonds is 12. The lowest BCUT2D eigenvalue weighted by molar-refractivity contribution is -0.111. The maximum absolute atomic E-state index is 12.7. The molecule has 1 saturated carbocycles. The van der Waals surface area contributed by atoms with E-state index in [0.717, 1.165) is 62.7 Å². The summed E-state index contributed by atoms with van der Waals surface area (Å²) in [5.74, 6) is 1.33. The molecule has 0 radical (unpaired) electrons. The highest BCUT2D eigenvalue weighted by Gasteiger charge is 2.34. The number of piperidine rings is 1. The van der Waals surface area contributed by atoms with Crippen LogP contribution in [0.25, 0.3) is 0 Å². The minimum Gasteiger partial charge on any atom is -0.494 e. The van der Waals surface area contributed by atoms with Crippen molar-refractivity contribution in [2.45, 2.75) is 70.1 Å². The van der Waals surface area contributed by atoms with E-state index < -0.39 is 0 Å². The average molecular weight is 710 g/mol. The maximum atomic E-state index is 12.7. The lowest BCUT2D eigenvalue weighted by Gasteiger charge is -2.43. The molecule has 4 aliphatic rings. The lowest BCUT2D eigenvalue weighted by Crippen LogP contribution is -2.53. The highest BCUT2D eigenvalue weighted by Crippen LogP contribution is 2.41. The predicted octanol–water partition coefficient (Wildman–Crippen LogP) is 5.12. The number of carbonyl (C=O) groups excluding carboxylic acids is 2. The first-order chi connectivity index (χ1) is 25.3. The van der Waals surface area contributed by atoms with Gasteiger partial charge in [0.2, 0.25) is 5.91 Å². The van der Waals surface area contributed by atoms with Crippen molar-refractivity contribution in [3.05, 3.63) is 72.6 Å². The minimum absolute atomic E-state index is 0.0407. The Morgan fingerprint density at radius 2 is 1.65 bits per heavy atom. The molecule has 1 aliphatic carbocycles. The summed E-state index contributed by atoms with van der Waals surface area (Å²) >= 11 is 0. The number of aromatic nitrogens is 2. The van der Waals surface area contributed by atoms with Crippen LogP contribution >= 0.6 is 0 Å². The summed E-state index contributed by atoms with van der Waals surface area (Å²) in [6.45, 7) is 14.5. The summed E-state index contributed by atoms with van der Waals surface area (Å²) in [4.78, 5) is 48.2. The molecule has 7 rings (SSSR count). The van der Waals surface area contributed by atoms with Gasteiger partial charge in [-0.05, 0) is 69.4 Å². The number of piperazine rings is 1. The van der Waals surface area contributed by atoms with Gasteiger partial charge in [-0.15, -0.1) is 0 Å². The topological polar surface area (TPSA) is 127 Å². The van der Waals surface area contributed by atoms with Crippen LogP contribution in [0.3, 0.4) is 0 Å². The molecule has 1 atom stereocenters. The first-order valence-corrected chi connectivity index (χ1v) is 18.6. The Morgan fingerprint density at radius 1 is 0.923 bits per heavy atom. The van der Waals surface area contributed by atoms with E-state index in [4.69, 9.17) is 9.57 Å². The zero-order valence-electron chi connectivity index (χ0n) is 30.5. The van der Waals surface area contributed by atoms with Gasteiger partial charge in [-0.25, -0.2) is 15.0 Å². The molecule has 2 amide bonds. The number of hydrogen-bond acceptors (Lipinski definition) is 11. The Kier molecular flexibility index (Phi) is 10.9. The van der Waals surface area contributed by atoms with Crippen molar-refractivity contribution in [3.8, 4) is 5.75 Å². The third kappa shape index (κ3) is 8.16. The predicted molar refractivity (Wildman–Crippen MR) is 203 cm³/mol. The fraction of sp³-hybridized carbons (Fsp3) is 0.487. The molecule has 1 aromatic heterocycles. The number of hydrogen-bond donors (Lipinski definition) is 3. The molecule has 13 nitrogen and oxygen atoms in total. The second-order valence-electron chi connectivity index (χ2n) is 14.4. The van der Waals surface area contributed by atoms with E-state index >= 15 is 0 Å². The van der Waals surface area contributed by atoms with Crippen LogP contribution < -0.4 is 30.7 Å². The van der Waals surface area contributed by atoms with Gasteiger partial charge < -0.3 is 25.6 Å². The number of benzene rings is 2. The molecule has 52 heavy (non-hydrogen) atoms. The Labute approximate surface area is 306 Å². The molecule has 4 heterocycles. The first kappa shape index (κ1) is 35.7. The number of amides is 2. The largest absolute Gasteiger partial charge is 0.494 e. The molecule has 3 aromatic rings. The molecule has 0 bridgehead atoms. The minimum atomic E-state index is -0.284. The zero-order valence-corrected chi connectivity index (χ0v) is 30.5. The number of nitrogens with zero attached hydrogens (tertiary/aromatic N) is 6. The van der Waals surface area contributed by atoms with Crippen molar-refractivity contribution in [1.82, 2.24) is 25.1 Å². The Bertz CT molecular complexity index is 1750. The quantitative estimate of drug-likeness (QED) is 0.217. The van der Waals surface area contributed by atoms with Crippen molar-refractivity contribution in [1.29, 1.82) is 0 Å². The summed E-state index contributed by atoms with van der Waals surface area (Å²) in [7, 11) is 1.64. The van der Waals surface area contributed by atoms with Gasteiger partial charge in [-0.3, -0.25) is 24.2 Å². The Hall–Kier alpha value is -4.72. The molecule has 3 aliphatic heterocycles. The second kappa shape index (κ2) is 15.9. The van der Waals surface area contributed by atoms with Gasteiger partial charge in [0.05, 0.1) is 36.8 Å². The van der Waals surface area contributed by atoms with Crippen LogP contribution in [0.1, 0.15) is 67.9 Å². The van der Waals surface area contributed by atoms with Crippen LogP contribution in [-0.2, 0) is 9.63 Å². The van der Waals surface area contributed by atoms with Gasteiger partial charge in [0.1, 0.15) is 17.9 Å². The van der Waals surface area contributed by atoms with E-state index in [1.807, 2.05) is 56.3 Å². The van der Waals surface area contributed by atoms with Crippen LogP contribution in [-0.4, -0.2) is 103 Å². The highest BCUT2D eigenvalue weighted by molar-refractivity contribution is 6.02. The van der Waals surface area contributed by atoms with Crippen LogP contribution in [0.2, 0.25) is 0 Å². The summed E-state index contributed by atoms with van der Waals surface area (Å²) in [5, 5.41) is 11.2. The first-order valence-electron chi connectivity index (χ1n) is 18.6. The number of anilines is 5. The van der Waals surface area contributed by atoms with Crippen molar-refractivity contribution in [2.24, 2.45) is 0 Å². The standard InChI is InChI=1S/C39H51N9O4/c1-5-38(49)44-31-22-32(35(51-4)23-34(31)47-14-11-30(12-15-47)46-18-16-45(17-19-46)29-9-10-29)43-36-24-37(41-25-40-36)48-33(13-20-52-48)27-7-6-8-28(21-27)39(50)42-26(2)3/h5-8,21-26,29-30,33H,1,9-20H2,2-4H3,(H,42,50)(H,44,49)(H,40,41,43)/t33-/m1/s1. The molecule has 4 fully saturated rings. The molecule has 0 spiro atoms. The number of methoxy groups -OCH3 is 1. The number of nitrogens with one attached hydrogen (secondary N) is 3. The van der Waals surface area contributed by atoms with Gasteiger partial charge in [-0.2, -0.15) is 0 Å². The van der Waals surface area contributed by atoms with Crippen molar-refractivity contribution in [3.63, 3.8) is 0 Å². The number of hydroxylamine groups is 1. The lowest BCUT2D eigenvalue weighted by atomic mass is 10.0. The van der Waals surface area contributed by atoms with Crippen LogP contribution in [0, 0.1) is 0 Å². The summed E-state index contributed by atoms with van der Waals surface area (Å²) in [5.41, 5.74) is 3.78. The highest BCUT2D eigenvalue weighted by atomic mass is 16.7. The Balaban J connectivity index is 1.07. The van der Waals surface area contributed by atoms with E-state index in [-0.39, 0.29) is 23.9 Å². The van der Waals surface area contributed by atoms with Crippen molar-refractivity contribution in [2.75, 3.05) is 73.6 Å².